The fourth-order valence-corrected chi connectivity index (χ4v) is 1.65. The van der Waals surface area contributed by atoms with Crippen molar-refractivity contribution < 1.29 is 4.79 Å². The highest BCUT2D eigenvalue weighted by molar-refractivity contribution is 5.98. The van der Waals surface area contributed by atoms with Gasteiger partial charge in [-0.15, -0.1) is 0 Å². The lowest BCUT2D eigenvalue weighted by molar-refractivity contribution is 0.0951. The predicted molar refractivity (Wildman–Crippen MR) is 48.3 cm³/mol. The van der Waals surface area contributed by atoms with E-state index >= 15 is 0 Å². The normalized spacial score (nSPS) is 21.3. The summed E-state index contributed by atoms with van der Waals surface area (Å²) in [6.07, 6.45) is 2.96. The van der Waals surface area contributed by atoms with E-state index in [1.54, 1.807) is 0 Å². The van der Waals surface area contributed by atoms with Crippen LogP contribution in [-0.4, -0.2) is 15.8 Å². The van der Waals surface area contributed by atoms with Gasteiger partial charge in [0.25, 0.3) is 0 Å². The molecule has 0 saturated heterocycles. The van der Waals surface area contributed by atoms with Crippen LogP contribution in [0.5, 0.6) is 0 Å². The van der Waals surface area contributed by atoms with Crippen molar-refractivity contribution >= 4 is 11.7 Å². The molecule has 1 atom stereocenters. The zero-order chi connectivity index (χ0) is 9.42. The smallest absolute Gasteiger partial charge is 0.220 e. The van der Waals surface area contributed by atoms with E-state index in [4.69, 9.17) is 5.73 Å². The topological polar surface area (TPSA) is 68.9 Å². The number of nitrogen functional groups attached to an aromatic ring is 1. The quantitative estimate of drug-likeness (QED) is 0.637. The molecule has 0 radical (unpaired) electrons. The SMILES string of the molecule is C[C@@H]1CC(=O)c2cnc(N)nc2C1. The Labute approximate surface area is 76.2 Å². The molecule has 4 heteroatoms. The number of anilines is 1. The molecule has 0 unspecified atom stereocenters. The molecule has 1 aromatic heterocycles. The van der Waals surface area contributed by atoms with Gasteiger partial charge in [0.05, 0.1) is 11.3 Å². The van der Waals surface area contributed by atoms with Gasteiger partial charge in [-0.1, -0.05) is 6.92 Å². The van der Waals surface area contributed by atoms with E-state index in [0.29, 0.717) is 17.9 Å². The average Bonchev–Trinajstić information content (AvgIpc) is 2.02. The molecule has 0 bridgehead atoms. The molecule has 0 spiro atoms. The summed E-state index contributed by atoms with van der Waals surface area (Å²) in [4.78, 5) is 19.4. The summed E-state index contributed by atoms with van der Waals surface area (Å²) >= 11 is 0. The Morgan fingerprint density at radius 2 is 2.31 bits per heavy atom. The summed E-state index contributed by atoms with van der Waals surface area (Å²) in [5.74, 6) is 0.753. The van der Waals surface area contributed by atoms with Crippen LogP contribution in [-0.2, 0) is 6.42 Å². The van der Waals surface area contributed by atoms with Gasteiger partial charge in [-0.3, -0.25) is 4.79 Å². The Morgan fingerprint density at radius 1 is 1.54 bits per heavy atom. The summed E-state index contributed by atoms with van der Waals surface area (Å²) in [5, 5.41) is 0. The van der Waals surface area contributed by atoms with Crippen LogP contribution in [0.2, 0.25) is 0 Å². The maximum Gasteiger partial charge on any atom is 0.220 e. The summed E-state index contributed by atoms with van der Waals surface area (Å²) in [5.41, 5.74) is 6.89. The van der Waals surface area contributed by atoms with Crippen molar-refractivity contribution in [1.29, 1.82) is 0 Å². The van der Waals surface area contributed by atoms with E-state index in [1.165, 1.54) is 6.20 Å². The molecule has 1 aliphatic carbocycles. The van der Waals surface area contributed by atoms with Crippen molar-refractivity contribution in [2.24, 2.45) is 5.92 Å². The molecule has 1 heterocycles. The van der Waals surface area contributed by atoms with Gasteiger partial charge in [0.1, 0.15) is 0 Å². The number of carbonyl (C=O) groups excluding carboxylic acids is 1. The number of nitrogens with two attached hydrogens (primary N) is 1. The van der Waals surface area contributed by atoms with E-state index in [2.05, 4.69) is 9.97 Å². The molecule has 0 aliphatic heterocycles. The van der Waals surface area contributed by atoms with Crippen LogP contribution in [0.15, 0.2) is 6.20 Å². The van der Waals surface area contributed by atoms with Crippen LogP contribution in [0.25, 0.3) is 0 Å². The Kier molecular flexibility index (Phi) is 1.76. The number of fused-ring (bicyclic) bond motifs is 1. The Hall–Kier alpha value is -1.45. The van der Waals surface area contributed by atoms with Crippen molar-refractivity contribution in [2.75, 3.05) is 5.73 Å². The molecule has 13 heavy (non-hydrogen) atoms. The first-order chi connectivity index (χ1) is 6.16. The lowest BCUT2D eigenvalue weighted by Gasteiger charge is -2.18. The number of hydrogen-bond acceptors (Lipinski definition) is 4. The van der Waals surface area contributed by atoms with Crippen LogP contribution >= 0.6 is 0 Å². The second-order valence-corrected chi connectivity index (χ2v) is 3.53. The second kappa shape index (κ2) is 2.80. The molecule has 2 N–H and O–H groups in total. The lowest BCUT2D eigenvalue weighted by Crippen LogP contribution is -2.20. The molecule has 1 aliphatic rings. The summed E-state index contributed by atoms with van der Waals surface area (Å²) in [7, 11) is 0. The van der Waals surface area contributed by atoms with Crippen LogP contribution in [0.4, 0.5) is 5.95 Å². The number of hydrogen-bond donors (Lipinski definition) is 1. The fourth-order valence-electron chi connectivity index (χ4n) is 1.65. The van der Waals surface area contributed by atoms with E-state index in [1.807, 2.05) is 6.92 Å². The van der Waals surface area contributed by atoms with E-state index in [9.17, 15) is 4.79 Å². The molecule has 68 valence electrons. The van der Waals surface area contributed by atoms with E-state index in [0.717, 1.165) is 12.1 Å². The van der Waals surface area contributed by atoms with Crippen molar-refractivity contribution in [2.45, 2.75) is 19.8 Å². The molecular weight excluding hydrogens is 166 g/mol. The van der Waals surface area contributed by atoms with Gasteiger partial charge >= 0.3 is 0 Å². The standard InChI is InChI=1S/C9H11N3O/c1-5-2-7-6(8(13)3-5)4-11-9(10)12-7/h4-5H,2-3H2,1H3,(H2,10,11,12)/t5-/m0/s1. The van der Waals surface area contributed by atoms with Crippen LogP contribution in [0.1, 0.15) is 29.4 Å². The number of carbonyl (C=O) groups is 1. The Bertz CT molecular complexity index is 362. The third-order valence-electron chi connectivity index (χ3n) is 2.26. The Balaban J connectivity index is 2.49. The number of nitrogens with zero attached hydrogens (tertiary/aromatic N) is 2. The van der Waals surface area contributed by atoms with Crippen LogP contribution in [0, 0.1) is 5.92 Å². The minimum absolute atomic E-state index is 0.133. The largest absolute Gasteiger partial charge is 0.368 e. The van der Waals surface area contributed by atoms with Crippen LogP contribution < -0.4 is 5.73 Å². The van der Waals surface area contributed by atoms with Crippen molar-refractivity contribution in [3.8, 4) is 0 Å². The maximum absolute atomic E-state index is 11.5. The minimum atomic E-state index is 0.133. The van der Waals surface area contributed by atoms with Gasteiger partial charge in [0.2, 0.25) is 5.95 Å². The molecule has 4 nitrogen and oxygen atoms in total. The zero-order valence-electron chi connectivity index (χ0n) is 7.45. The fraction of sp³-hybridized carbons (Fsp3) is 0.444. The van der Waals surface area contributed by atoms with Gasteiger partial charge in [-0.2, -0.15) is 0 Å². The van der Waals surface area contributed by atoms with E-state index in [-0.39, 0.29) is 11.7 Å². The van der Waals surface area contributed by atoms with Crippen molar-refractivity contribution in [3.05, 3.63) is 17.5 Å². The van der Waals surface area contributed by atoms with Gasteiger partial charge in [0, 0.05) is 12.6 Å². The van der Waals surface area contributed by atoms with Gasteiger partial charge < -0.3 is 5.73 Å². The highest BCUT2D eigenvalue weighted by atomic mass is 16.1. The third kappa shape index (κ3) is 1.39. The van der Waals surface area contributed by atoms with Crippen molar-refractivity contribution in [3.63, 3.8) is 0 Å². The van der Waals surface area contributed by atoms with Crippen molar-refractivity contribution in [1.82, 2.24) is 9.97 Å². The molecule has 1 aromatic rings. The first-order valence-electron chi connectivity index (χ1n) is 4.31. The average molecular weight is 177 g/mol. The minimum Gasteiger partial charge on any atom is -0.368 e. The van der Waals surface area contributed by atoms with Gasteiger partial charge in [-0.05, 0) is 12.3 Å². The highest BCUT2D eigenvalue weighted by Crippen LogP contribution is 2.23. The first-order valence-corrected chi connectivity index (χ1v) is 4.31. The number of Topliss-reactive ketones (excluding diaryl/α,β-unsaturated/α-hetero) is 1. The first kappa shape index (κ1) is 8.16. The number of rotatable bonds is 0. The maximum atomic E-state index is 11.5. The molecule has 0 amide bonds. The zero-order valence-corrected chi connectivity index (χ0v) is 7.45. The monoisotopic (exact) mass is 177 g/mol. The molecule has 0 fully saturated rings. The number of ketones is 1. The summed E-state index contributed by atoms with van der Waals surface area (Å²) in [6.45, 7) is 2.04. The van der Waals surface area contributed by atoms with Crippen LogP contribution in [0.3, 0.4) is 0 Å². The molecule has 0 saturated carbocycles. The third-order valence-corrected chi connectivity index (χ3v) is 2.26. The Morgan fingerprint density at radius 3 is 3.08 bits per heavy atom. The molecular formula is C9H11N3O. The summed E-state index contributed by atoms with van der Waals surface area (Å²) < 4.78 is 0. The molecule has 2 rings (SSSR count). The van der Waals surface area contributed by atoms with Gasteiger partial charge in [0.15, 0.2) is 5.78 Å². The lowest BCUT2D eigenvalue weighted by atomic mass is 9.88. The number of aromatic nitrogens is 2. The second-order valence-electron chi connectivity index (χ2n) is 3.53. The van der Waals surface area contributed by atoms with E-state index < -0.39 is 0 Å². The highest BCUT2D eigenvalue weighted by Gasteiger charge is 2.23. The predicted octanol–water partition coefficient (Wildman–Crippen LogP) is 0.824. The van der Waals surface area contributed by atoms with Gasteiger partial charge in [-0.25, -0.2) is 9.97 Å². The summed E-state index contributed by atoms with van der Waals surface area (Å²) in [6, 6.07) is 0. The molecule has 0 aromatic carbocycles.